The molecule has 2 aliphatic rings. The number of fused-ring (bicyclic) bond motifs is 1. The van der Waals surface area contributed by atoms with E-state index in [0.29, 0.717) is 5.41 Å². The lowest BCUT2D eigenvalue weighted by Gasteiger charge is -2.15. The summed E-state index contributed by atoms with van der Waals surface area (Å²) >= 11 is 1.79. The zero-order valence-corrected chi connectivity index (χ0v) is 14.3. The van der Waals surface area contributed by atoms with Gasteiger partial charge in [0.2, 0.25) is 0 Å². The fourth-order valence-electron chi connectivity index (χ4n) is 3.37. The van der Waals surface area contributed by atoms with Gasteiger partial charge in [0.1, 0.15) is 0 Å². The molecule has 120 valence electrons. The molecule has 4 nitrogen and oxygen atoms in total. The number of methoxy groups -OCH3 is 1. The van der Waals surface area contributed by atoms with Crippen LogP contribution in [-0.4, -0.2) is 29.6 Å². The highest BCUT2D eigenvalue weighted by atomic mass is 32.1. The van der Waals surface area contributed by atoms with E-state index < -0.39 is 0 Å². The number of nitrogens with zero attached hydrogens (tertiary/aromatic N) is 2. The van der Waals surface area contributed by atoms with Crippen LogP contribution in [0, 0.1) is 12.3 Å². The van der Waals surface area contributed by atoms with Gasteiger partial charge in [-0.05, 0) is 44.4 Å². The second kappa shape index (κ2) is 5.62. The summed E-state index contributed by atoms with van der Waals surface area (Å²) < 4.78 is 7.66. The maximum atomic E-state index is 5.24. The highest BCUT2D eigenvalue weighted by molar-refractivity contribution is 7.15. The van der Waals surface area contributed by atoms with Crippen molar-refractivity contribution in [3.8, 4) is 0 Å². The van der Waals surface area contributed by atoms with Crippen molar-refractivity contribution in [2.75, 3.05) is 20.3 Å². The Hall–Kier alpha value is -0.910. The molecular weight excluding hydrogens is 294 g/mol. The summed E-state index contributed by atoms with van der Waals surface area (Å²) in [4.78, 5) is 5.91. The van der Waals surface area contributed by atoms with E-state index in [0.717, 1.165) is 30.6 Å². The van der Waals surface area contributed by atoms with Crippen LogP contribution >= 0.6 is 11.3 Å². The highest BCUT2D eigenvalue weighted by Gasteiger charge is 2.41. The van der Waals surface area contributed by atoms with Crippen LogP contribution in [0.25, 0.3) is 4.96 Å². The number of aryl methyl sites for hydroxylation is 1. The molecule has 0 radical (unpaired) electrons. The molecule has 2 heterocycles. The Labute approximate surface area is 135 Å². The Morgan fingerprint density at radius 3 is 2.95 bits per heavy atom. The number of ether oxygens (including phenoxy) is 1. The number of aromatic nitrogens is 2. The molecule has 0 atom stereocenters. The fraction of sp³-hybridized carbons (Fsp3) is 0.706. The summed E-state index contributed by atoms with van der Waals surface area (Å²) in [5.41, 5.74) is 4.53. The van der Waals surface area contributed by atoms with Gasteiger partial charge < -0.3 is 10.1 Å². The van der Waals surface area contributed by atoms with Gasteiger partial charge in [0.25, 0.3) is 0 Å². The van der Waals surface area contributed by atoms with Crippen molar-refractivity contribution in [2.24, 2.45) is 5.41 Å². The SMILES string of the molecule is COCCC1(CNCc2c(C)nc3scc(C4CC4)n23)CC1. The Balaban J connectivity index is 1.45. The van der Waals surface area contributed by atoms with Gasteiger partial charge in [0.15, 0.2) is 4.96 Å². The first-order chi connectivity index (χ1) is 10.7. The molecule has 0 saturated heterocycles. The van der Waals surface area contributed by atoms with Gasteiger partial charge in [-0.1, -0.05) is 0 Å². The summed E-state index contributed by atoms with van der Waals surface area (Å²) in [6.45, 7) is 5.06. The molecule has 2 aromatic heterocycles. The Morgan fingerprint density at radius 1 is 1.45 bits per heavy atom. The average molecular weight is 319 g/mol. The summed E-state index contributed by atoms with van der Waals surface area (Å²) in [6.07, 6.45) is 6.56. The quantitative estimate of drug-likeness (QED) is 0.809. The van der Waals surface area contributed by atoms with Crippen molar-refractivity contribution in [3.05, 3.63) is 22.5 Å². The molecule has 0 spiro atoms. The molecular formula is C17H25N3OS. The lowest BCUT2D eigenvalue weighted by molar-refractivity contribution is 0.171. The number of thiazole rings is 1. The number of rotatable bonds is 8. The Bertz CT molecular complexity index is 667. The van der Waals surface area contributed by atoms with Gasteiger partial charge in [-0.2, -0.15) is 0 Å². The first-order valence-corrected chi connectivity index (χ1v) is 9.25. The van der Waals surface area contributed by atoms with Gasteiger partial charge >= 0.3 is 0 Å². The van der Waals surface area contributed by atoms with E-state index in [1.165, 1.54) is 49.2 Å². The third-order valence-electron chi connectivity index (χ3n) is 5.27. The van der Waals surface area contributed by atoms with E-state index in [9.17, 15) is 0 Å². The normalized spacial score (nSPS) is 19.9. The van der Waals surface area contributed by atoms with Crippen LogP contribution < -0.4 is 5.32 Å². The van der Waals surface area contributed by atoms with Crippen molar-refractivity contribution in [1.82, 2.24) is 14.7 Å². The van der Waals surface area contributed by atoms with E-state index in [1.54, 1.807) is 18.4 Å². The van der Waals surface area contributed by atoms with E-state index in [1.807, 2.05) is 0 Å². The Morgan fingerprint density at radius 2 is 2.27 bits per heavy atom. The van der Waals surface area contributed by atoms with Gasteiger partial charge in [0.05, 0.1) is 11.4 Å². The lowest BCUT2D eigenvalue weighted by Crippen LogP contribution is -2.25. The maximum Gasteiger partial charge on any atom is 0.194 e. The van der Waals surface area contributed by atoms with Gasteiger partial charge in [-0.15, -0.1) is 11.3 Å². The maximum absolute atomic E-state index is 5.24. The first kappa shape index (κ1) is 14.7. The second-order valence-corrected chi connectivity index (χ2v) is 7.88. The molecule has 0 aliphatic heterocycles. The minimum Gasteiger partial charge on any atom is -0.385 e. The molecule has 4 rings (SSSR count). The zero-order chi connectivity index (χ0) is 15.2. The molecule has 2 aliphatic carbocycles. The lowest BCUT2D eigenvalue weighted by atomic mass is 10.0. The van der Waals surface area contributed by atoms with Crippen LogP contribution in [0.2, 0.25) is 0 Å². The van der Waals surface area contributed by atoms with Crippen LogP contribution in [0.15, 0.2) is 5.38 Å². The molecule has 1 N–H and O–H groups in total. The van der Waals surface area contributed by atoms with Crippen LogP contribution in [0.4, 0.5) is 0 Å². The first-order valence-electron chi connectivity index (χ1n) is 8.37. The summed E-state index contributed by atoms with van der Waals surface area (Å²) in [6, 6.07) is 0. The molecule has 0 amide bonds. The van der Waals surface area contributed by atoms with E-state index in [4.69, 9.17) is 9.72 Å². The van der Waals surface area contributed by atoms with Gasteiger partial charge in [0, 0.05) is 43.8 Å². The zero-order valence-electron chi connectivity index (χ0n) is 13.5. The number of nitrogens with one attached hydrogen (secondary N) is 1. The third kappa shape index (κ3) is 2.70. The molecule has 0 unspecified atom stereocenters. The molecule has 0 aromatic carbocycles. The number of hydrogen-bond donors (Lipinski definition) is 1. The smallest absolute Gasteiger partial charge is 0.194 e. The van der Waals surface area contributed by atoms with Crippen molar-refractivity contribution in [2.45, 2.75) is 51.5 Å². The molecule has 2 aromatic rings. The van der Waals surface area contributed by atoms with Crippen molar-refractivity contribution in [3.63, 3.8) is 0 Å². The molecule has 5 heteroatoms. The van der Waals surface area contributed by atoms with Gasteiger partial charge in [-0.3, -0.25) is 4.40 Å². The minimum atomic E-state index is 0.502. The topological polar surface area (TPSA) is 38.6 Å². The third-order valence-corrected chi connectivity index (χ3v) is 6.11. The van der Waals surface area contributed by atoms with Crippen LogP contribution in [0.1, 0.15) is 55.1 Å². The number of imidazole rings is 1. The largest absolute Gasteiger partial charge is 0.385 e. The van der Waals surface area contributed by atoms with Crippen molar-refractivity contribution < 1.29 is 4.74 Å². The van der Waals surface area contributed by atoms with E-state index in [-0.39, 0.29) is 0 Å². The number of hydrogen-bond acceptors (Lipinski definition) is 4. The molecule has 2 fully saturated rings. The van der Waals surface area contributed by atoms with Crippen LogP contribution in [0.5, 0.6) is 0 Å². The molecule has 0 bridgehead atoms. The average Bonchev–Trinajstić information content (AvgIpc) is 3.41. The van der Waals surface area contributed by atoms with E-state index in [2.05, 4.69) is 22.0 Å². The molecule has 22 heavy (non-hydrogen) atoms. The summed E-state index contributed by atoms with van der Waals surface area (Å²) in [5.74, 6) is 0.776. The minimum absolute atomic E-state index is 0.502. The second-order valence-electron chi connectivity index (χ2n) is 7.04. The van der Waals surface area contributed by atoms with Crippen LogP contribution in [0.3, 0.4) is 0 Å². The monoisotopic (exact) mass is 319 g/mol. The summed E-state index contributed by atoms with van der Waals surface area (Å²) in [7, 11) is 1.80. The predicted molar refractivity (Wildman–Crippen MR) is 89.6 cm³/mol. The van der Waals surface area contributed by atoms with Gasteiger partial charge in [-0.25, -0.2) is 4.98 Å². The van der Waals surface area contributed by atoms with E-state index >= 15 is 0 Å². The van der Waals surface area contributed by atoms with Crippen LogP contribution in [-0.2, 0) is 11.3 Å². The van der Waals surface area contributed by atoms with Crippen molar-refractivity contribution >= 4 is 16.3 Å². The van der Waals surface area contributed by atoms with Crippen molar-refractivity contribution in [1.29, 1.82) is 0 Å². The fourth-order valence-corrected chi connectivity index (χ4v) is 4.40. The molecule has 2 saturated carbocycles. The highest BCUT2D eigenvalue weighted by Crippen LogP contribution is 2.48. The standard InChI is InChI=1S/C17H25N3OS/c1-12-14(9-18-11-17(5-6-17)7-8-21-2)20-15(13-3-4-13)10-22-16(20)19-12/h10,13,18H,3-9,11H2,1-2H3. The predicted octanol–water partition coefficient (Wildman–Crippen LogP) is 3.49. The summed E-state index contributed by atoms with van der Waals surface area (Å²) in [5, 5.41) is 6.01. The Kier molecular flexibility index (Phi) is 3.75.